The van der Waals surface area contributed by atoms with Crippen LogP contribution in [0.5, 0.6) is 0 Å². The van der Waals surface area contributed by atoms with Crippen LogP contribution in [0, 0.1) is 0 Å². The first-order chi connectivity index (χ1) is 6.27. The van der Waals surface area contributed by atoms with E-state index in [1.165, 1.54) is 0 Å². The molecule has 4 heteroatoms. The van der Waals surface area contributed by atoms with Gasteiger partial charge in [-0.25, -0.2) is 0 Å². The number of hydrogen-bond acceptors (Lipinski definition) is 2. The second-order valence-electron chi connectivity index (χ2n) is 3.16. The van der Waals surface area contributed by atoms with Crippen molar-refractivity contribution in [3.05, 3.63) is 34.9 Å². The van der Waals surface area contributed by atoms with Crippen molar-refractivity contribution in [1.82, 2.24) is 5.32 Å². The monoisotopic (exact) mass is 231 g/mol. The number of nitrogens with one attached hydrogen (secondary N) is 1. The first-order valence-electron chi connectivity index (χ1n) is 4.29. The van der Waals surface area contributed by atoms with Gasteiger partial charge in [-0.1, -0.05) is 23.7 Å². The minimum absolute atomic E-state index is 0. The van der Waals surface area contributed by atoms with E-state index in [0.29, 0.717) is 11.4 Å². The Labute approximate surface area is 94.1 Å². The molecular weight excluding hydrogens is 221 g/mol. The van der Waals surface area contributed by atoms with Crippen LogP contribution in [0.2, 0.25) is 5.02 Å². The van der Waals surface area contributed by atoms with Crippen molar-refractivity contribution < 1.29 is 4.79 Å². The van der Waals surface area contributed by atoms with Crippen molar-refractivity contribution in [2.24, 2.45) is 0 Å². The SMILES string of the molecule is Cl.O=C1CCNC1c1cccc(Cl)c1. The van der Waals surface area contributed by atoms with Gasteiger partial charge in [0.2, 0.25) is 0 Å². The second kappa shape index (κ2) is 4.78. The predicted molar refractivity (Wildman–Crippen MR) is 59.1 cm³/mol. The third kappa shape index (κ3) is 2.27. The summed E-state index contributed by atoms with van der Waals surface area (Å²) in [6.45, 7) is 0.774. The van der Waals surface area contributed by atoms with Gasteiger partial charge in [0.1, 0.15) is 0 Å². The van der Waals surface area contributed by atoms with Gasteiger partial charge in [-0.05, 0) is 17.7 Å². The average molecular weight is 232 g/mol. The van der Waals surface area contributed by atoms with Crippen molar-refractivity contribution in [3.63, 3.8) is 0 Å². The Morgan fingerprint density at radius 2 is 2.21 bits per heavy atom. The fraction of sp³-hybridized carbons (Fsp3) is 0.300. The van der Waals surface area contributed by atoms with Crippen molar-refractivity contribution in [3.8, 4) is 0 Å². The van der Waals surface area contributed by atoms with Crippen LogP contribution in [0.4, 0.5) is 0 Å². The highest BCUT2D eigenvalue weighted by molar-refractivity contribution is 6.30. The van der Waals surface area contributed by atoms with E-state index in [4.69, 9.17) is 11.6 Å². The van der Waals surface area contributed by atoms with Crippen LogP contribution in [0.25, 0.3) is 0 Å². The molecule has 0 radical (unpaired) electrons. The summed E-state index contributed by atoms with van der Waals surface area (Å²) in [5, 5.41) is 3.82. The Kier molecular flexibility index (Phi) is 3.93. The zero-order valence-corrected chi connectivity index (χ0v) is 9.07. The highest BCUT2D eigenvalue weighted by Crippen LogP contribution is 2.22. The van der Waals surface area contributed by atoms with Crippen LogP contribution in [0.3, 0.4) is 0 Å². The summed E-state index contributed by atoms with van der Waals surface area (Å²) in [6, 6.07) is 7.30. The summed E-state index contributed by atoms with van der Waals surface area (Å²) < 4.78 is 0. The molecule has 1 aliphatic rings. The summed E-state index contributed by atoms with van der Waals surface area (Å²) in [5.74, 6) is 0.252. The van der Waals surface area contributed by atoms with Crippen LogP contribution < -0.4 is 5.32 Å². The summed E-state index contributed by atoms with van der Waals surface area (Å²) in [6.07, 6.45) is 0.622. The molecule has 1 aromatic carbocycles. The van der Waals surface area contributed by atoms with E-state index >= 15 is 0 Å². The molecule has 1 atom stereocenters. The number of ketones is 1. The summed E-state index contributed by atoms with van der Waals surface area (Å²) in [5.41, 5.74) is 0.968. The number of hydrogen-bond donors (Lipinski definition) is 1. The molecule has 0 bridgehead atoms. The number of benzene rings is 1. The lowest BCUT2D eigenvalue weighted by Gasteiger charge is -2.08. The number of carbonyl (C=O) groups excluding carboxylic acids is 1. The normalized spacial score (nSPS) is 20.6. The molecule has 1 aromatic rings. The van der Waals surface area contributed by atoms with E-state index in [0.717, 1.165) is 12.1 Å². The minimum atomic E-state index is -0.140. The van der Waals surface area contributed by atoms with Crippen LogP contribution in [0.1, 0.15) is 18.0 Å². The van der Waals surface area contributed by atoms with Crippen molar-refractivity contribution in [2.75, 3.05) is 6.54 Å². The third-order valence-corrected chi connectivity index (χ3v) is 2.46. The van der Waals surface area contributed by atoms with Crippen molar-refractivity contribution >= 4 is 29.8 Å². The van der Waals surface area contributed by atoms with E-state index < -0.39 is 0 Å². The lowest BCUT2D eigenvalue weighted by molar-refractivity contribution is -0.118. The Hall–Kier alpha value is -0.570. The lowest BCUT2D eigenvalue weighted by atomic mass is 10.0. The summed E-state index contributed by atoms with van der Waals surface area (Å²) >= 11 is 5.83. The first kappa shape index (κ1) is 11.5. The lowest BCUT2D eigenvalue weighted by Crippen LogP contribution is -2.17. The predicted octanol–water partition coefficient (Wildman–Crippen LogP) is 2.37. The van der Waals surface area contributed by atoms with Crippen molar-refractivity contribution in [2.45, 2.75) is 12.5 Å². The van der Waals surface area contributed by atoms with Gasteiger partial charge >= 0.3 is 0 Å². The zero-order chi connectivity index (χ0) is 9.26. The molecule has 14 heavy (non-hydrogen) atoms. The van der Waals surface area contributed by atoms with E-state index in [9.17, 15) is 4.79 Å². The van der Waals surface area contributed by atoms with E-state index in [1.807, 2.05) is 24.3 Å². The number of halogens is 2. The third-order valence-electron chi connectivity index (χ3n) is 2.22. The standard InChI is InChI=1S/C10H10ClNO.ClH/c11-8-3-1-2-7(6-8)10-9(13)4-5-12-10;/h1-3,6,10,12H,4-5H2;1H. The molecule has 0 aromatic heterocycles. The van der Waals surface area contributed by atoms with Gasteiger partial charge in [0.05, 0.1) is 6.04 Å². The van der Waals surface area contributed by atoms with Crippen LogP contribution in [-0.4, -0.2) is 12.3 Å². The molecule has 1 fully saturated rings. The molecule has 1 heterocycles. The topological polar surface area (TPSA) is 29.1 Å². The highest BCUT2D eigenvalue weighted by atomic mass is 35.5. The van der Waals surface area contributed by atoms with Gasteiger partial charge in [-0.2, -0.15) is 0 Å². The highest BCUT2D eigenvalue weighted by Gasteiger charge is 2.24. The largest absolute Gasteiger partial charge is 0.303 e. The molecule has 1 unspecified atom stereocenters. The molecule has 0 amide bonds. The van der Waals surface area contributed by atoms with Gasteiger partial charge in [0, 0.05) is 18.0 Å². The van der Waals surface area contributed by atoms with Gasteiger partial charge in [-0.15, -0.1) is 12.4 Å². The Bertz CT molecular complexity index is 341. The molecule has 2 nitrogen and oxygen atoms in total. The van der Waals surface area contributed by atoms with Crippen LogP contribution in [-0.2, 0) is 4.79 Å². The summed E-state index contributed by atoms with van der Waals surface area (Å²) in [4.78, 5) is 11.4. The first-order valence-corrected chi connectivity index (χ1v) is 4.67. The van der Waals surface area contributed by atoms with Gasteiger partial charge < -0.3 is 5.32 Å². The van der Waals surface area contributed by atoms with Gasteiger partial charge in [0.25, 0.3) is 0 Å². The van der Waals surface area contributed by atoms with Crippen molar-refractivity contribution in [1.29, 1.82) is 0 Å². The fourth-order valence-corrected chi connectivity index (χ4v) is 1.79. The fourth-order valence-electron chi connectivity index (χ4n) is 1.59. The average Bonchev–Trinajstić information content (AvgIpc) is 2.51. The van der Waals surface area contributed by atoms with E-state index in [2.05, 4.69) is 5.32 Å². The molecule has 0 saturated carbocycles. The molecule has 0 aliphatic carbocycles. The van der Waals surface area contributed by atoms with Crippen LogP contribution in [0.15, 0.2) is 24.3 Å². The molecule has 2 rings (SSSR count). The van der Waals surface area contributed by atoms with E-state index in [-0.39, 0.29) is 24.2 Å². The maximum Gasteiger partial charge on any atom is 0.155 e. The second-order valence-corrected chi connectivity index (χ2v) is 3.59. The quantitative estimate of drug-likeness (QED) is 0.805. The molecule has 1 N–H and O–H groups in total. The Morgan fingerprint density at radius 3 is 2.79 bits per heavy atom. The van der Waals surface area contributed by atoms with Gasteiger partial charge in [-0.3, -0.25) is 4.79 Å². The Balaban J connectivity index is 0.000000980. The zero-order valence-electron chi connectivity index (χ0n) is 7.50. The Morgan fingerprint density at radius 1 is 1.43 bits per heavy atom. The molecular formula is C10H11Cl2NO. The number of carbonyl (C=O) groups is 1. The molecule has 76 valence electrons. The van der Waals surface area contributed by atoms with Gasteiger partial charge in [0.15, 0.2) is 5.78 Å². The van der Waals surface area contributed by atoms with Crippen LogP contribution >= 0.6 is 24.0 Å². The maximum absolute atomic E-state index is 11.4. The molecule has 1 saturated heterocycles. The van der Waals surface area contributed by atoms with E-state index in [1.54, 1.807) is 0 Å². The smallest absolute Gasteiger partial charge is 0.155 e. The maximum atomic E-state index is 11.4. The number of Topliss-reactive ketones (excluding diaryl/α,β-unsaturated/α-hetero) is 1. The number of rotatable bonds is 1. The molecule has 1 aliphatic heterocycles. The minimum Gasteiger partial charge on any atom is -0.303 e. The summed E-state index contributed by atoms with van der Waals surface area (Å²) in [7, 11) is 0. The molecule has 0 spiro atoms.